The van der Waals surface area contributed by atoms with Gasteiger partial charge in [0.1, 0.15) is 23.3 Å². The molecule has 3 heterocycles. The van der Waals surface area contributed by atoms with Gasteiger partial charge in [0.2, 0.25) is 5.95 Å². The number of amides is 1. The van der Waals surface area contributed by atoms with Crippen molar-refractivity contribution in [1.29, 1.82) is 0 Å². The fraction of sp³-hybridized carbons (Fsp3) is 0.407. The summed E-state index contributed by atoms with van der Waals surface area (Å²) in [7, 11) is 1.32. The molecule has 0 radical (unpaired) electrons. The zero-order chi connectivity index (χ0) is 29.6. The molecule has 3 N–H and O–H groups in total. The highest BCUT2D eigenvalue weighted by Crippen LogP contribution is 2.30. The van der Waals surface area contributed by atoms with E-state index in [2.05, 4.69) is 35.3 Å². The first-order chi connectivity index (χ1) is 19.5. The van der Waals surface area contributed by atoms with E-state index in [1.807, 2.05) is 0 Å². The van der Waals surface area contributed by atoms with E-state index in [-0.39, 0.29) is 23.4 Å². The van der Waals surface area contributed by atoms with Gasteiger partial charge in [0.15, 0.2) is 5.65 Å². The maximum absolute atomic E-state index is 13.9. The summed E-state index contributed by atoms with van der Waals surface area (Å²) < 4.78 is 26.5. The smallest absolute Gasteiger partial charge is 0.418 e. The van der Waals surface area contributed by atoms with Gasteiger partial charge in [0, 0.05) is 18.4 Å². The molecule has 13 nitrogen and oxygen atoms in total. The lowest BCUT2D eigenvalue weighted by Crippen LogP contribution is -2.27. The number of rotatable bonds is 4. The average molecular weight is 569 g/mol. The van der Waals surface area contributed by atoms with Gasteiger partial charge < -0.3 is 19.8 Å². The molecule has 1 amide bonds. The van der Waals surface area contributed by atoms with E-state index in [4.69, 9.17) is 4.74 Å². The molecule has 1 aromatic carbocycles. The maximum atomic E-state index is 13.9. The van der Waals surface area contributed by atoms with Crippen LogP contribution in [-0.4, -0.2) is 54.0 Å². The summed E-state index contributed by atoms with van der Waals surface area (Å²) >= 11 is 0. The van der Waals surface area contributed by atoms with Gasteiger partial charge in [0.05, 0.1) is 24.7 Å². The maximum Gasteiger partial charge on any atom is 0.418 e. The molecule has 0 saturated heterocycles. The van der Waals surface area contributed by atoms with Gasteiger partial charge in [0.25, 0.3) is 0 Å². The Balaban J connectivity index is 0.000000367. The molecule has 218 valence electrons. The molecule has 1 fully saturated rings. The molecule has 14 heteroatoms. The fourth-order valence-electron chi connectivity index (χ4n) is 4.39. The summed E-state index contributed by atoms with van der Waals surface area (Å²) in [6, 6.07) is 3.97. The van der Waals surface area contributed by atoms with Crippen molar-refractivity contribution in [2.45, 2.75) is 64.5 Å². The summed E-state index contributed by atoms with van der Waals surface area (Å²) in [4.78, 5) is 50.5. The van der Waals surface area contributed by atoms with E-state index in [1.54, 1.807) is 25.3 Å². The predicted molar refractivity (Wildman–Crippen MR) is 150 cm³/mol. The third-order valence-electron chi connectivity index (χ3n) is 6.15. The lowest BCUT2D eigenvalue weighted by Gasteiger charge is -2.22. The van der Waals surface area contributed by atoms with Crippen LogP contribution in [0, 0.1) is 5.82 Å². The molecule has 4 aromatic rings. The normalized spacial score (nSPS) is 13.7. The second-order valence-electron chi connectivity index (χ2n) is 10.4. The highest BCUT2D eigenvalue weighted by atomic mass is 19.1. The lowest BCUT2D eigenvalue weighted by molar-refractivity contribution is 0.0636. The van der Waals surface area contributed by atoms with Gasteiger partial charge in [-0.15, -0.1) is 0 Å². The number of aromatic amines is 1. The molecule has 0 aliphatic heterocycles. The number of nitrogens with one attached hydrogen (secondary N) is 3. The predicted octanol–water partition coefficient (Wildman–Crippen LogP) is 5.35. The third kappa shape index (κ3) is 7.68. The monoisotopic (exact) mass is 568 g/mol. The molecule has 0 atom stereocenters. The number of carbonyl (C=O) groups excluding carboxylic acids is 2. The van der Waals surface area contributed by atoms with Crippen LogP contribution in [0.1, 0.15) is 58.9 Å². The van der Waals surface area contributed by atoms with Gasteiger partial charge in [-0.1, -0.05) is 19.3 Å². The van der Waals surface area contributed by atoms with Crippen LogP contribution in [0.2, 0.25) is 0 Å². The number of aromatic nitrogens is 6. The van der Waals surface area contributed by atoms with Gasteiger partial charge in [-0.3, -0.25) is 9.88 Å². The van der Waals surface area contributed by atoms with Crippen LogP contribution < -0.4 is 16.3 Å². The molecule has 41 heavy (non-hydrogen) atoms. The van der Waals surface area contributed by atoms with E-state index in [9.17, 15) is 18.8 Å². The van der Waals surface area contributed by atoms with E-state index >= 15 is 0 Å². The summed E-state index contributed by atoms with van der Waals surface area (Å²) in [6.07, 6.45) is 10.0. The van der Waals surface area contributed by atoms with Crippen molar-refractivity contribution < 1.29 is 23.5 Å². The van der Waals surface area contributed by atoms with E-state index in [1.165, 1.54) is 61.2 Å². The minimum atomic E-state index is -0.678. The second-order valence-corrected chi connectivity index (χ2v) is 10.4. The van der Waals surface area contributed by atoms with Crippen molar-refractivity contribution in [1.82, 2.24) is 29.1 Å². The first-order valence-corrected chi connectivity index (χ1v) is 13.1. The van der Waals surface area contributed by atoms with Crippen molar-refractivity contribution in [3.05, 3.63) is 59.4 Å². The van der Waals surface area contributed by atoms with Crippen LogP contribution in [0.4, 0.5) is 31.3 Å². The Morgan fingerprint density at radius 1 is 1.15 bits per heavy atom. The van der Waals surface area contributed by atoms with Crippen LogP contribution in [0.3, 0.4) is 0 Å². The number of ether oxygens (including phenoxy) is 2. The molecule has 0 unspecified atom stereocenters. The number of fused-ring (bicyclic) bond motifs is 1. The number of halogens is 1. The van der Waals surface area contributed by atoms with E-state index < -0.39 is 23.6 Å². The van der Waals surface area contributed by atoms with E-state index in [0.717, 1.165) is 25.7 Å². The van der Waals surface area contributed by atoms with Crippen molar-refractivity contribution >= 4 is 40.7 Å². The average Bonchev–Trinajstić information content (AvgIpc) is 3.57. The molecule has 1 aliphatic carbocycles. The Bertz CT molecular complexity index is 1550. The molecule has 0 bridgehead atoms. The first kappa shape index (κ1) is 29.2. The summed E-state index contributed by atoms with van der Waals surface area (Å²) in [5.41, 5.74) is 0.717. The first-order valence-electron chi connectivity index (χ1n) is 13.1. The summed E-state index contributed by atoms with van der Waals surface area (Å²) in [5, 5.41) is 5.56. The zero-order valence-electron chi connectivity index (χ0n) is 23.3. The minimum absolute atomic E-state index is 0.0892. The SMILES string of the molecule is CC(C)(C)OC(=O)Nc1ccc(F)cc1Nc1ncc2[nH]c(=O)n(C3CCCCC3)c2n1.COC(=O)n1ccnc1. The summed E-state index contributed by atoms with van der Waals surface area (Å²) in [6.45, 7) is 5.26. The lowest BCUT2D eigenvalue weighted by atomic mass is 9.95. The highest BCUT2D eigenvalue weighted by Gasteiger charge is 2.22. The zero-order valence-corrected chi connectivity index (χ0v) is 23.3. The van der Waals surface area contributed by atoms with Gasteiger partial charge in [-0.2, -0.15) is 4.98 Å². The Morgan fingerprint density at radius 2 is 1.90 bits per heavy atom. The van der Waals surface area contributed by atoms with Crippen molar-refractivity contribution in [2.75, 3.05) is 17.7 Å². The number of imidazole rings is 2. The minimum Gasteiger partial charge on any atom is -0.452 e. The number of H-pyrrole nitrogens is 1. The number of nitrogens with zero attached hydrogens (tertiary/aromatic N) is 5. The topological polar surface area (TPSA) is 158 Å². The van der Waals surface area contributed by atoms with Gasteiger partial charge in [-0.05, 0) is 51.8 Å². The largest absolute Gasteiger partial charge is 0.452 e. The van der Waals surface area contributed by atoms with Crippen molar-refractivity contribution in [3.63, 3.8) is 0 Å². The van der Waals surface area contributed by atoms with Crippen LogP contribution in [0.15, 0.2) is 47.9 Å². The van der Waals surface area contributed by atoms with Gasteiger partial charge >= 0.3 is 17.9 Å². The van der Waals surface area contributed by atoms with Gasteiger partial charge in [-0.25, -0.2) is 33.3 Å². The number of hydrogen-bond donors (Lipinski definition) is 3. The molecule has 3 aromatic heterocycles. The van der Waals surface area contributed by atoms with Crippen molar-refractivity contribution in [2.24, 2.45) is 0 Å². The Morgan fingerprint density at radius 3 is 2.56 bits per heavy atom. The Kier molecular flexibility index (Phi) is 9.00. The molecular formula is C27H33FN8O5. The fourth-order valence-corrected chi connectivity index (χ4v) is 4.39. The number of methoxy groups -OCH3 is 1. The Labute approximate surface area is 235 Å². The number of benzene rings is 1. The summed E-state index contributed by atoms with van der Waals surface area (Å²) in [5.74, 6) is -0.317. The third-order valence-corrected chi connectivity index (χ3v) is 6.15. The number of hydrogen-bond acceptors (Lipinski definition) is 9. The standard InChI is InChI=1S/C22H27FN6O3.C5H6N2O2/c1-22(2,3)32-21(31)27-15-10-9-13(23)11-16(15)25-19-24-12-17-18(28-19)29(20(30)26-17)14-7-5-4-6-8-14;1-9-5(8)7-3-2-6-4-7/h9-12,14H,4-8H2,1-3H3,(H,26,30)(H,27,31)(H,24,25,28);2-4H,1H3. The molecule has 0 spiro atoms. The van der Waals surface area contributed by atoms with Crippen LogP contribution in [0.5, 0.6) is 0 Å². The molecule has 1 saturated carbocycles. The Hall–Kier alpha value is -4.75. The van der Waals surface area contributed by atoms with E-state index in [0.29, 0.717) is 16.9 Å². The van der Waals surface area contributed by atoms with Crippen LogP contribution >= 0.6 is 0 Å². The number of carbonyl (C=O) groups is 2. The molecule has 1 aliphatic rings. The van der Waals surface area contributed by atoms with Crippen LogP contribution in [0.25, 0.3) is 11.2 Å². The van der Waals surface area contributed by atoms with Crippen LogP contribution in [-0.2, 0) is 9.47 Å². The highest BCUT2D eigenvalue weighted by molar-refractivity contribution is 5.90. The molecular weight excluding hydrogens is 535 g/mol. The second kappa shape index (κ2) is 12.6. The molecule has 5 rings (SSSR count). The number of anilines is 3. The quantitative estimate of drug-likeness (QED) is 0.295. The van der Waals surface area contributed by atoms with Crippen molar-refractivity contribution in [3.8, 4) is 0 Å².